The van der Waals surface area contributed by atoms with E-state index >= 15 is 0 Å². The number of nitrogens with one attached hydrogen (secondary N) is 1. The molecule has 2 saturated heterocycles. The predicted molar refractivity (Wildman–Crippen MR) is 118 cm³/mol. The third kappa shape index (κ3) is 3.60. The number of fused-ring (bicyclic) bond motifs is 1. The summed E-state index contributed by atoms with van der Waals surface area (Å²) in [6, 6.07) is 12.4. The number of aromatic amines is 1. The van der Waals surface area contributed by atoms with Crippen molar-refractivity contribution in [2.24, 2.45) is 5.41 Å². The van der Waals surface area contributed by atoms with Crippen LogP contribution >= 0.6 is 0 Å². The van der Waals surface area contributed by atoms with Gasteiger partial charge in [0.1, 0.15) is 11.5 Å². The van der Waals surface area contributed by atoms with Crippen molar-refractivity contribution in [2.45, 2.75) is 32.4 Å². The van der Waals surface area contributed by atoms with E-state index in [9.17, 15) is 4.79 Å². The SMILES string of the molecule is COc1cc(C)c2[nH]ccc2c1CN1CCC2(COC2)C[C@@H]1c1ccc(OC=O)cc1. The summed E-state index contributed by atoms with van der Waals surface area (Å²) >= 11 is 0. The minimum absolute atomic E-state index is 0.267. The summed E-state index contributed by atoms with van der Waals surface area (Å²) in [7, 11) is 1.75. The van der Waals surface area contributed by atoms with E-state index in [-0.39, 0.29) is 11.5 Å². The maximum Gasteiger partial charge on any atom is 0.298 e. The summed E-state index contributed by atoms with van der Waals surface area (Å²) in [5.41, 5.74) is 5.09. The molecule has 3 heterocycles. The van der Waals surface area contributed by atoms with Gasteiger partial charge in [0, 0.05) is 40.7 Å². The first-order valence-electron chi connectivity index (χ1n) is 10.8. The average molecular weight is 421 g/mol. The van der Waals surface area contributed by atoms with Crippen LogP contribution in [0.3, 0.4) is 0 Å². The molecule has 2 aliphatic rings. The Morgan fingerprint density at radius 1 is 1.26 bits per heavy atom. The lowest BCUT2D eigenvalue weighted by molar-refractivity contribution is -0.153. The zero-order valence-corrected chi connectivity index (χ0v) is 18.0. The van der Waals surface area contributed by atoms with Gasteiger partial charge in [-0.2, -0.15) is 0 Å². The molecule has 6 nitrogen and oxygen atoms in total. The molecule has 1 spiro atoms. The van der Waals surface area contributed by atoms with Crippen LogP contribution < -0.4 is 9.47 Å². The molecule has 162 valence electrons. The van der Waals surface area contributed by atoms with Gasteiger partial charge in [-0.25, -0.2) is 0 Å². The fraction of sp³-hybridized carbons (Fsp3) is 0.400. The number of carbonyl (C=O) groups excluding carboxylic acids is 1. The van der Waals surface area contributed by atoms with E-state index in [1.54, 1.807) is 7.11 Å². The van der Waals surface area contributed by atoms with E-state index in [0.717, 1.165) is 44.9 Å². The molecule has 5 rings (SSSR count). The number of methoxy groups -OCH3 is 1. The van der Waals surface area contributed by atoms with Gasteiger partial charge in [0.05, 0.1) is 20.3 Å². The number of likely N-dealkylation sites (tertiary alicyclic amines) is 1. The smallest absolute Gasteiger partial charge is 0.298 e. The molecule has 2 aliphatic heterocycles. The van der Waals surface area contributed by atoms with Gasteiger partial charge in [0.15, 0.2) is 0 Å². The van der Waals surface area contributed by atoms with Crippen LogP contribution in [-0.4, -0.2) is 43.2 Å². The van der Waals surface area contributed by atoms with Crippen LogP contribution in [0.1, 0.15) is 35.6 Å². The second-order valence-corrected chi connectivity index (χ2v) is 8.86. The van der Waals surface area contributed by atoms with Crippen molar-refractivity contribution in [1.29, 1.82) is 0 Å². The molecule has 2 fully saturated rings. The van der Waals surface area contributed by atoms with Crippen LogP contribution in [0.15, 0.2) is 42.6 Å². The Kier molecular flexibility index (Phi) is 5.20. The van der Waals surface area contributed by atoms with Crippen molar-refractivity contribution in [2.75, 3.05) is 26.9 Å². The van der Waals surface area contributed by atoms with Crippen LogP contribution in [0.4, 0.5) is 0 Å². The van der Waals surface area contributed by atoms with Gasteiger partial charge < -0.3 is 19.2 Å². The second kappa shape index (κ2) is 8.02. The largest absolute Gasteiger partial charge is 0.496 e. The Hall–Kier alpha value is -2.83. The third-order valence-electron chi connectivity index (χ3n) is 6.95. The maximum atomic E-state index is 10.7. The molecule has 0 bridgehead atoms. The van der Waals surface area contributed by atoms with Crippen LogP contribution in [0, 0.1) is 12.3 Å². The first-order valence-corrected chi connectivity index (χ1v) is 10.8. The van der Waals surface area contributed by atoms with Gasteiger partial charge >= 0.3 is 0 Å². The number of hydrogen-bond acceptors (Lipinski definition) is 5. The molecule has 31 heavy (non-hydrogen) atoms. The monoisotopic (exact) mass is 420 g/mol. The summed E-state index contributed by atoms with van der Waals surface area (Å²) in [5.74, 6) is 1.50. The number of ether oxygens (including phenoxy) is 3. The minimum Gasteiger partial charge on any atom is -0.496 e. The summed E-state index contributed by atoms with van der Waals surface area (Å²) < 4.78 is 16.4. The third-order valence-corrected chi connectivity index (χ3v) is 6.95. The fourth-order valence-electron chi connectivity index (χ4n) is 5.16. The fourth-order valence-corrected chi connectivity index (χ4v) is 5.16. The molecule has 0 aliphatic carbocycles. The van der Waals surface area contributed by atoms with Crippen molar-refractivity contribution in [3.63, 3.8) is 0 Å². The molecule has 3 aromatic rings. The summed E-state index contributed by atoms with van der Waals surface area (Å²) in [6.07, 6.45) is 4.20. The highest BCUT2D eigenvalue weighted by Gasteiger charge is 2.45. The van der Waals surface area contributed by atoms with E-state index in [1.165, 1.54) is 27.6 Å². The molecule has 0 radical (unpaired) electrons. The number of carbonyl (C=O) groups is 1. The minimum atomic E-state index is 0.267. The zero-order chi connectivity index (χ0) is 21.4. The highest BCUT2D eigenvalue weighted by molar-refractivity contribution is 5.88. The highest BCUT2D eigenvalue weighted by atomic mass is 16.5. The number of H-pyrrole nitrogens is 1. The summed E-state index contributed by atoms with van der Waals surface area (Å²) in [6.45, 7) is 6.08. The number of nitrogens with zero attached hydrogens (tertiary/aromatic N) is 1. The number of aryl methyl sites for hydroxylation is 1. The molecular formula is C25H28N2O4. The van der Waals surface area contributed by atoms with Crippen LogP contribution in [0.25, 0.3) is 10.9 Å². The highest BCUT2D eigenvalue weighted by Crippen LogP contribution is 2.47. The van der Waals surface area contributed by atoms with Crippen molar-refractivity contribution in [3.8, 4) is 11.5 Å². The number of piperidine rings is 1. The van der Waals surface area contributed by atoms with Crippen LogP contribution in [0.2, 0.25) is 0 Å². The lowest BCUT2D eigenvalue weighted by atomic mass is 9.72. The predicted octanol–water partition coefficient (Wildman–Crippen LogP) is 4.37. The maximum absolute atomic E-state index is 10.7. The number of aromatic nitrogens is 1. The van der Waals surface area contributed by atoms with Crippen LogP contribution in [-0.2, 0) is 16.1 Å². The number of rotatable bonds is 6. The van der Waals surface area contributed by atoms with E-state index in [1.807, 2.05) is 18.3 Å². The van der Waals surface area contributed by atoms with Gasteiger partial charge in [0.2, 0.25) is 0 Å². The molecule has 0 unspecified atom stereocenters. The van der Waals surface area contributed by atoms with E-state index in [4.69, 9.17) is 14.2 Å². The summed E-state index contributed by atoms with van der Waals surface area (Å²) in [5, 5.41) is 1.22. The van der Waals surface area contributed by atoms with Gasteiger partial charge in [-0.1, -0.05) is 12.1 Å². The first kappa shape index (κ1) is 20.1. The molecule has 0 amide bonds. The molecular weight excluding hydrogens is 392 g/mol. The molecule has 2 aromatic carbocycles. The van der Waals surface area contributed by atoms with Crippen LogP contribution in [0.5, 0.6) is 11.5 Å². The molecule has 1 aromatic heterocycles. The Morgan fingerprint density at radius 3 is 2.74 bits per heavy atom. The molecule has 1 N–H and O–H groups in total. The lowest BCUT2D eigenvalue weighted by Crippen LogP contribution is -2.51. The van der Waals surface area contributed by atoms with Crippen molar-refractivity contribution >= 4 is 17.4 Å². The first-order chi connectivity index (χ1) is 15.1. The van der Waals surface area contributed by atoms with Gasteiger partial charge in [0.25, 0.3) is 6.47 Å². The quantitative estimate of drug-likeness (QED) is 0.600. The Balaban J connectivity index is 1.49. The molecule has 1 atom stereocenters. The van der Waals surface area contributed by atoms with Gasteiger partial charge in [-0.05, 0) is 61.7 Å². The molecule has 0 saturated carbocycles. The normalized spacial score (nSPS) is 20.5. The van der Waals surface area contributed by atoms with Crippen molar-refractivity contribution in [3.05, 3.63) is 59.3 Å². The Labute approximate surface area is 182 Å². The van der Waals surface area contributed by atoms with Gasteiger partial charge in [-0.3, -0.25) is 9.69 Å². The second-order valence-electron chi connectivity index (χ2n) is 8.86. The Bertz CT molecular complexity index is 1080. The zero-order valence-electron chi connectivity index (χ0n) is 18.0. The van der Waals surface area contributed by atoms with E-state index in [0.29, 0.717) is 12.2 Å². The topological polar surface area (TPSA) is 63.8 Å². The van der Waals surface area contributed by atoms with E-state index < -0.39 is 0 Å². The standard InChI is InChI=1S/C25H28N2O4/c1-17-11-23(29-2)21(20-7-9-26-24(17)20)13-27-10-8-25(14-30-15-25)12-22(27)18-3-5-19(6-4-18)31-16-28/h3-7,9,11,16,22,26H,8,10,12-15H2,1-2H3/t22-/m1/s1. The number of hydrogen-bond donors (Lipinski definition) is 1. The molecule has 6 heteroatoms. The number of benzene rings is 2. The van der Waals surface area contributed by atoms with Crippen molar-refractivity contribution in [1.82, 2.24) is 9.88 Å². The van der Waals surface area contributed by atoms with E-state index in [2.05, 4.69) is 41.1 Å². The van der Waals surface area contributed by atoms with Crippen molar-refractivity contribution < 1.29 is 19.0 Å². The average Bonchev–Trinajstić information content (AvgIpc) is 3.26. The summed E-state index contributed by atoms with van der Waals surface area (Å²) in [4.78, 5) is 16.6. The lowest BCUT2D eigenvalue weighted by Gasteiger charge is -2.51. The van der Waals surface area contributed by atoms with Gasteiger partial charge in [-0.15, -0.1) is 0 Å². The Morgan fingerprint density at radius 2 is 2.06 bits per heavy atom.